The number of rotatable bonds is 3. The second-order valence-electron chi connectivity index (χ2n) is 6.09. The Morgan fingerprint density at radius 1 is 1.52 bits per heavy atom. The van der Waals surface area contributed by atoms with Crippen LogP contribution >= 0.6 is 15.9 Å². The maximum Gasteiger partial charge on any atom is 0.309 e. The third-order valence-electron chi connectivity index (χ3n) is 4.43. The fraction of sp³-hybridized carbons (Fsp3) is 0.500. The lowest BCUT2D eigenvalue weighted by molar-refractivity contribution is -0.150. The zero-order valence-corrected chi connectivity index (χ0v) is 13.9. The number of carbonyl (C=O) groups is 1. The van der Waals surface area contributed by atoms with Crippen molar-refractivity contribution < 1.29 is 9.90 Å². The summed E-state index contributed by atoms with van der Waals surface area (Å²) >= 11 is 3.41. The lowest BCUT2D eigenvalue weighted by Gasteiger charge is -2.40. The van der Waals surface area contributed by atoms with Gasteiger partial charge in [0, 0.05) is 23.2 Å². The van der Waals surface area contributed by atoms with Crippen LogP contribution in [-0.4, -0.2) is 24.2 Å². The van der Waals surface area contributed by atoms with Crippen LogP contribution in [0.3, 0.4) is 0 Å². The van der Waals surface area contributed by atoms with Crippen LogP contribution in [0.25, 0.3) is 0 Å². The van der Waals surface area contributed by atoms with Gasteiger partial charge in [0.1, 0.15) is 6.07 Å². The summed E-state index contributed by atoms with van der Waals surface area (Å²) in [6.07, 6.45) is 1.92. The normalized spacial score (nSPS) is 19.1. The van der Waals surface area contributed by atoms with Gasteiger partial charge in [0.25, 0.3) is 0 Å². The molecular formula is C16H19BrN2O2. The highest BCUT2D eigenvalue weighted by atomic mass is 79.9. The summed E-state index contributed by atoms with van der Waals surface area (Å²) in [6, 6.07) is 7.80. The molecule has 4 nitrogen and oxygen atoms in total. The van der Waals surface area contributed by atoms with E-state index in [1.807, 2.05) is 12.1 Å². The number of nitrogens with zero attached hydrogens (tertiary/aromatic N) is 2. The number of aliphatic carboxylic acids is 1. The monoisotopic (exact) mass is 350 g/mol. The van der Waals surface area contributed by atoms with Gasteiger partial charge in [-0.3, -0.25) is 4.79 Å². The molecule has 1 unspecified atom stereocenters. The van der Waals surface area contributed by atoms with E-state index in [9.17, 15) is 9.90 Å². The van der Waals surface area contributed by atoms with Crippen molar-refractivity contribution in [3.63, 3.8) is 0 Å². The summed E-state index contributed by atoms with van der Waals surface area (Å²) in [5, 5.41) is 18.4. The largest absolute Gasteiger partial charge is 0.481 e. The molecule has 1 aromatic carbocycles. The van der Waals surface area contributed by atoms with Gasteiger partial charge >= 0.3 is 5.97 Å². The number of carboxylic acids is 1. The van der Waals surface area contributed by atoms with Crippen LogP contribution in [0.5, 0.6) is 0 Å². The number of anilines is 1. The molecule has 1 aromatic rings. The van der Waals surface area contributed by atoms with Crippen molar-refractivity contribution in [2.45, 2.75) is 26.7 Å². The zero-order chi connectivity index (χ0) is 15.6. The zero-order valence-electron chi connectivity index (χ0n) is 12.3. The van der Waals surface area contributed by atoms with Crippen molar-refractivity contribution in [2.24, 2.45) is 11.3 Å². The second kappa shape index (κ2) is 6.07. The number of carboxylic acid groups (broad SMARTS) is 1. The van der Waals surface area contributed by atoms with Crippen molar-refractivity contribution in [1.29, 1.82) is 5.26 Å². The fourth-order valence-corrected chi connectivity index (χ4v) is 3.22. The summed E-state index contributed by atoms with van der Waals surface area (Å²) in [4.78, 5) is 13.7. The molecule has 1 aliphatic rings. The molecule has 0 bridgehead atoms. The smallest absolute Gasteiger partial charge is 0.309 e. The number of piperidine rings is 1. The topological polar surface area (TPSA) is 64.3 Å². The highest BCUT2D eigenvalue weighted by Crippen LogP contribution is 2.36. The maximum absolute atomic E-state index is 11.4. The van der Waals surface area contributed by atoms with Gasteiger partial charge in [-0.15, -0.1) is 0 Å². The third-order valence-corrected chi connectivity index (χ3v) is 5.09. The van der Waals surface area contributed by atoms with Crippen LogP contribution in [0, 0.1) is 22.7 Å². The number of nitriles is 1. The molecule has 2 rings (SSSR count). The predicted molar refractivity (Wildman–Crippen MR) is 85.2 cm³/mol. The molecule has 1 saturated heterocycles. The molecule has 0 saturated carbocycles. The van der Waals surface area contributed by atoms with Gasteiger partial charge in [-0.2, -0.15) is 5.26 Å². The number of benzene rings is 1. The van der Waals surface area contributed by atoms with Gasteiger partial charge in [0.05, 0.1) is 11.0 Å². The maximum atomic E-state index is 11.4. The van der Waals surface area contributed by atoms with Gasteiger partial charge in [-0.05, 0) is 66.7 Å². The van der Waals surface area contributed by atoms with E-state index in [0.717, 1.165) is 36.1 Å². The van der Waals surface area contributed by atoms with E-state index in [0.29, 0.717) is 5.56 Å². The summed E-state index contributed by atoms with van der Waals surface area (Å²) in [7, 11) is 0. The van der Waals surface area contributed by atoms with Crippen molar-refractivity contribution in [2.75, 3.05) is 18.0 Å². The van der Waals surface area contributed by atoms with E-state index in [2.05, 4.69) is 26.9 Å². The highest BCUT2D eigenvalue weighted by Gasteiger charge is 2.39. The Bertz CT molecular complexity index is 592. The van der Waals surface area contributed by atoms with Gasteiger partial charge in [-0.25, -0.2) is 0 Å². The first-order chi connectivity index (χ1) is 9.86. The third kappa shape index (κ3) is 3.21. The van der Waals surface area contributed by atoms with Gasteiger partial charge in [0.2, 0.25) is 0 Å². The van der Waals surface area contributed by atoms with E-state index in [-0.39, 0.29) is 5.92 Å². The molecule has 1 aliphatic heterocycles. The summed E-state index contributed by atoms with van der Waals surface area (Å²) < 4.78 is 0.780. The van der Waals surface area contributed by atoms with Crippen LogP contribution in [0.1, 0.15) is 32.3 Å². The molecule has 112 valence electrons. The lowest BCUT2D eigenvalue weighted by atomic mass is 9.74. The van der Waals surface area contributed by atoms with E-state index < -0.39 is 11.4 Å². The number of hydrogen-bond donors (Lipinski definition) is 1. The van der Waals surface area contributed by atoms with Crippen molar-refractivity contribution >= 4 is 27.6 Å². The summed E-state index contributed by atoms with van der Waals surface area (Å²) in [5.74, 6) is -0.617. The standard InChI is InChI=1S/C16H19BrN2O2/c1-16(2,15(20)21)12-4-3-7-19(10-12)13-6-5-11(9-18)14(17)8-13/h5-6,8,12H,3-4,7,10H2,1-2H3,(H,20,21). The Morgan fingerprint density at radius 2 is 2.24 bits per heavy atom. The lowest BCUT2D eigenvalue weighted by Crippen LogP contribution is -2.44. The Labute approximate surface area is 133 Å². The van der Waals surface area contributed by atoms with Crippen LogP contribution in [0.4, 0.5) is 5.69 Å². The molecule has 1 atom stereocenters. The molecular weight excluding hydrogens is 332 g/mol. The van der Waals surface area contributed by atoms with Gasteiger partial charge in [0.15, 0.2) is 0 Å². The average molecular weight is 351 g/mol. The molecule has 21 heavy (non-hydrogen) atoms. The van der Waals surface area contributed by atoms with E-state index in [1.165, 1.54) is 0 Å². The first-order valence-electron chi connectivity index (χ1n) is 7.04. The second-order valence-corrected chi connectivity index (χ2v) is 6.94. The Kier molecular flexibility index (Phi) is 4.58. The quantitative estimate of drug-likeness (QED) is 0.903. The van der Waals surface area contributed by atoms with Gasteiger partial charge < -0.3 is 10.0 Å². The first-order valence-corrected chi connectivity index (χ1v) is 7.83. The van der Waals surface area contributed by atoms with Crippen molar-refractivity contribution in [3.8, 4) is 6.07 Å². The molecule has 0 spiro atoms. The number of halogens is 1. The minimum Gasteiger partial charge on any atom is -0.481 e. The predicted octanol–water partition coefficient (Wildman–Crippen LogP) is 3.65. The van der Waals surface area contributed by atoms with Crippen molar-refractivity contribution in [3.05, 3.63) is 28.2 Å². The van der Waals surface area contributed by atoms with Crippen LogP contribution < -0.4 is 4.90 Å². The van der Waals surface area contributed by atoms with E-state index in [1.54, 1.807) is 19.9 Å². The van der Waals surface area contributed by atoms with Crippen LogP contribution in [-0.2, 0) is 4.79 Å². The van der Waals surface area contributed by atoms with E-state index >= 15 is 0 Å². The molecule has 0 aromatic heterocycles. The minimum absolute atomic E-state index is 0.123. The average Bonchev–Trinajstić information content (AvgIpc) is 2.47. The molecule has 1 N–H and O–H groups in total. The summed E-state index contributed by atoms with van der Waals surface area (Å²) in [5.41, 5.74) is 0.924. The molecule has 1 heterocycles. The van der Waals surface area contributed by atoms with Gasteiger partial charge in [-0.1, -0.05) is 0 Å². The highest BCUT2D eigenvalue weighted by molar-refractivity contribution is 9.10. The Morgan fingerprint density at radius 3 is 2.81 bits per heavy atom. The molecule has 0 radical (unpaired) electrons. The molecule has 5 heteroatoms. The first kappa shape index (κ1) is 15.8. The van der Waals surface area contributed by atoms with Crippen LogP contribution in [0.15, 0.2) is 22.7 Å². The molecule has 0 aliphatic carbocycles. The SMILES string of the molecule is CC(C)(C(=O)O)C1CCCN(c2ccc(C#N)c(Br)c2)C1. The summed E-state index contributed by atoms with van der Waals surface area (Å²) in [6.45, 7) is 5.26. The van der Waals surface area contributed by atoms with Crippen LogP contribution in [0.2, 0.25) is 0 Å². The Hall–Kier alpha value is -1.54. The molecule has 1 fully saturated rings. The minimum atomic E-state index is -0.740. The Balaban J connectivity index is 2.20. The fourth-order valence-electron chi connectivity index (χ4n) is 2.77. The van der Waals surface area contributed by atoms with E-state index in [4.69, 9.17) is 5.26 Å². The van der Waals surface area contributed by atoms with Crippen molar-refractivity contribution in [1.82, 2.24) is 0 Å². The number of hydrogen-bond acceptors (Lipinski definition) is 3. The molecule has 0 amide bonds.